The van der Waals surface area contributed by atoms with Crippen LogP contribution in [-0.2, 0) is 14.3 Å². The largest absolute Gasteiger partial charge is 0.444 e. The van der Waals surface area contributed by atoms with E-state index in [4.69, 9.17) is 15.7 Å². The molecule has 0 heterocycles. The van der Waals surface area contributed by atoms with Crippen LogP contribution < -0.4 is 27.0 Å². The Bertz CT molecular complexity index is 638. The van der Waals surface area contributed by atoms with Gasteiger partial charge in [0.25, 0.3) is 0 Å². The number of nitrogens with zero attached hydrogens (tertiary/aromatic N) is 1. The van der Waals surface area contributed by atoms with E-state index in [0.717, 1.165) is 0 Å². The summed E-state index contributed by atoms with van der Waals surface area (Å²) in [5.74, 6) is -0.956. The van der Waals surface area contributed by atoms with Crippen LogP contribution in [0.2, 0.25) is 0 Å². The molecule has 0 aromatic carbocycles. The van der Waals surface area contributed by atoms with Crippen LogP contribution in [0.1, 0.15) is 53.9 Å². The van der Waals surface area contributed by atoms with Crippen LogP contribution in [0.3, 0.4) is 0 Å². The normalized spacial score (nSPS) is 12.8. The molecule has 0 aromatic heterocycles. The minimum absolute atomic E-state index is 0.0974. The van der Waals surface area contributed by atoms with E-state index in [1.807, 2.05) is 19.9 Å². The van der Waals surface area contributed by atoms with Gasteiger partial charge >= 0.3 is 12.1 Å². The van der Waals surface area contributed by atoms with Crippen LogP contribution >= 0.6 is 0 Å². The quantitative estimate of drug-likeness (QED) is 0.237. The fourth-order valence-electron chi connectivity index (χ4n) is 2.46. The maximum atomic E-state index is 12.8. The van der Waals surface area contributed by atoms with E-state index in [-0.39, 0.29) is 25.4 Å². The number of hydrogen-bond donors (Lipinski definition) is 5. The number of ether oxygens (including phenoxy) is 1. The minimum atomic E-state index is -0.993. The zero-order valence-corrected chi connectivity index (χ0v) is 18.3. The fourth-order valence-corrected chi connectivity index (χ4v) is 2.46. The van der Waals surface area contributed by atoms with E-state index in [9.17, 15) is 19.2 Å². The third-order valence-electron chi connectivity index (χ3n) is 3.66. The summed E-state index contributed by atoms with van der Waals surface area (Å²) in [5, 5.41) is 18.6. The van der Waals surface area contributed by atoms with Crippen molar-refractivity contribution >= 4 is 23.9 Å². The first-order valence-corrected chi connectivity index (χ1v) is 9.83. The molecule has 0 fully saturated rings. The molecule has 0 aliphatic heterocycles. The molecule has 0 radical (unpaired) electrons. The number of primary amides is 1. The molecule has 11 nitrogen and oxygen atoms in total. The second-order valence-electron chi connectivity index (χ2n) is 8.20. The summed E-state index contributed by atoms with van der Waals surface area (Å²) >= 11 is 0. The molecule has 6 N–H and O–H groups in total. The SMILES string of the molecule is CC(C)C[C@H](NC(=O)[C@H](CCCNC(N)=O)NC(=O)OC(C)(C)C)C(=O)NCC#N. The van der Waals surface area contributed by atoms with Gasteiger partial charge in [-0.05, 0) is 46.0 Å². The molecule has 30 heavy (non-hydrogen) atoms. The maximum Gasteiger partial charge on any atom is 0.408 e. The predicted octanol–water partition coefficient (Wildman–Crippen LogP) is 0.499. The van der Waals surface area contributed by atoms with Crippen LogP contribution in [-0.4, -0.2) is 54.7 Å². The van der Waals surface area contributed by atoms with Gasteiger partial charge < -0.3 is 31.7 Å². The first kappa shape index (κ1) is 27.0. The lowest BCUT2D eigenvalue weighted by atomic mass is 10.0. The van der Waals surface area contributed by atoms with Gasteiger partial charge in [0.15, 0.2) is 0 Å². The van der Waals surface area contributed by atoms with E-state index in [1.165, 1.54) is 0 Å². The lowest BCUT2D eigenvalue weighted by molar-refractivity contribution is -0.130. The predicted molar refractivity (Wildman–Crippen MR) is 110 cm³/mol. The highest BCUT2D eigenvalue weighted by atomic mass is 16.6. The Morgan fingerprint density at radius 3 is 2.17 bits per heavy atom. The molecule has 0 bridgehead atoms. The maximum absolute atomic E-state index is 12.8. The Hall–Kier alpha value is -3.03. The number of carbonyl (C=O) groups excluding carboxylic acids is 4. The molecular formula is C19H34N6O5. The zero-order valence-electron chi connectivity index (χ0n) is 18.3. The molecule has 11 heteroatoms. The number of carbonyl (C=O) groups is 4. The van der Waals surface area contributed by atoms with Crippen LogP contribution in [0.5, 0.6) is 0 Å². The fraction of sp³-hybridized carbons (Fsp3) is 0.737. The number of amides is 5. The number of nitrogens with two attached hydrogens (primary N) is 1. The number of alkyl carbamates (subject to hydrolysis) is 1. The van der Waals surface area contributed by atoms with Crippen molar-refractivity contribution < 1.29 is 23.9 Å². The lowest BCUT2D eigenvalue weighted by Crippen LogP contribution is -2.54. The minimum Gasteiger partial charge on any atom is -0.444 e. The number of rotatable bonds is 11. The molecular weight excluding hydrogens is 392 g/mol. The van der Waals surface area contributed by atoms with Crippen LogP contribution in [0, 0.1) is 17.2 Å². The number of nitriles is 1. The summed E-state index contributed by atoms with van der Waals surface area (Å²) in [4.78, 5) is 48.0. The highest BCUT2D eigenvalue weighted by Crippen LogP contribution is 2.09. The molecule has 0 saturated heterocycles. The third-order valence-corrected chi connectivity index (χ3v) is 3.66. The summed E-state index contributed by atoms with van der Waals surface area (Å²) in [7, 11) is 0. The summed E-state index contributed by atoms with van der Waals surface area (Å²) in [5.41, 5.74) is 4.26. The average molecular weight is 427 g/mol. The van der Waals surface area contributed by atoms with Crippen molar-refractivity contribution in [3.05, 3.63) is 0 Å². The van der Waals surface area contributed by atoms with E-state index in [0.29, 0.717) is 12.8 Å². The molecule has 0 aromatic rings. The van der Waals surface area contributed by atoms with Gasteiger partial charge in [0.05, 0.1) is 6.07 Å². The van der Waals surface area contributed by atoms with E-state index < -0.39 is 41.6 Å². The van der Waals surface area contributed by atoms with Crippen molar-refractivity contribution in [1.29, 1.82) is 5.26 Å². The van der Waals surface area contributed by atoms with Crippen molar-refractivity contribution in [2.24, 2.45) is 11.7 Å². The zero-order chi connectivity index (χ0) is 23.3. The molecule has 0 spiro atoms. The number of hydrogen-bond acceptors (Lipinski definition) is 6. The molecule has 2 atom stereocenters. The summed E-state index contributed by atoms with van der Waals surface area (Å²) in [6, 6.07) is -0.737. The molecule has 0 aliphatic rings. The Kier molecular flexibility index (Phi) is 11.9. The van der Waals surface area contributed by atoms with Gasteiger partial charge in [-0.3, -0.25) is 9.59 Å². The van der Waals surface area contributed by atoms with E-state index in [2.05, 4.69) is 21.3 Å². The van der Waals surface area contributed by atoms with Gasteiger partial charge in [0.1, 0.15) is 24.2 Å². The lowest BCUT2D eigenvalue weighted by Gasteiger charge is -2.25. The molecule has 0 unspecified atom stereocenters. The van der Waals surface area contributed by atoms with Crippen molar-refractivity contribution in [1.82, 2.24) is 21.3 Å². The number of urea groups is 1. The standard InChI is InChI=1S/C19H34N6O5/c1-12(2)11-14(15(26)22-10-8-20)24-16(27)13(7-6-9-23-17(21)28)25-18(29)30-19(3,4)5/h12-14H,6-7,9-11H2,1-5H3,(H,22,26)(H,24,27)(H,25,29)(H3,21,23,28)/t13-,14-/m0/s1. The molecule has 0 aliphatic carbocycles. The summed E-state index contributed by atoms with van der Waals surface area (Å²) in [6.07, 6.45) is 0.108. The first-order valence-electron chi connectivity index (χ1n) is 9.83. The first-order chi connectivity index (χ1) is 13.9. The van der Waals surface area contributed by atoms with Gasteiger partial charge in [-0.25, -0.2) is 9.59 Å². The van der Waals surface area contributed by atoms with Crippen molar-refractivity contribution in [3.8, 4) is 6.07 Å². The van der Waals surface area contributed by atoms with Crippen molar-refractivity contribution in [2.75, 3.05) is 13.1 Å². The van der Waals surface area contributed by atoms with Crippen LogP contribution in [0.4, 0.5) is 9.59 Å². The number of nitrogens with one attached hydrogen (secondary N) is 4. The Balaban J connectivity index is 5.21. The molecule has 5 amide bonds. The monoisotopic (exact) mass is 426 g/mol. The smallest absolute Gasteiger partial charge is 0.408 e. The molecule has 0 saturated carbocycles. The highest BCUT2D eigenvalue weighted by Gasteiger charge is 2.28. The molecule has 170 valence electrons. The van der Waals surface area contributed by atoms with Gasteiger partial charge in [-0.2, -0.15) is 5.26 Å². The van der Waals surface area contributed by atoms with Crippen molar-refractivity contribution in [3.63, 3.8) is 0 Å². The van der Waals surface area contributed by atoms with Gasteiger partial charge in [-0.1, -0.05) is 13.8 Å². The van der Waals surface area contributed by atoms with Crippen LogP contribution in [0.25, 0.3) is 0 Å². The van der Waals surface area contributed by atoms with Crippen molar-refractivity contribution in [2.45, 2.75) is 71.6 Å². The second kappa shape index (κ2) is 13.2. The Morgan fingerprint density at radius 2 is 1.67 bits per heavy atom. The third kappa shape index (κ3) is 13.2. The topological polar surface area (TPSA) is 175 Å². The van der Waals surface area contributed by atoms with E-state index in [1.54, 1.807) is 20.8 Å². The van der Waals surface area contributed by atoms with Crippen LogP contribution in [0.15, 0.2) is 0 Å². The van der Waals surface area contributed by atoms with E-state index >= 15 is 0 Å². The Morgan fingerprint density at radius 1 is 1.03 bits per heavy atom. The molecule has 0 rings (SSSR count). The van der Waals surface area contributed by atoms with Gasteiger partial charge in [0.2, 0.25) is 11.8 Å². The summed E-state index contributed by atoms with van der Waals surface area (Å²) < 4.78 is 5.20. The average Bonchev–Trinajstić information content (AvgIpc) is 2.59. The summed E-state index contributed by atoms with van der Waals surface area (Å²) in [6.45, 7) is 8.89. The second-order valence-corrected chi connectivity index (χ2v) is 8.20. The Labute approximate surface area is 177 Å². The highest BCUT2D eigenvalue weighted by molar-refractivity contribution is 5.91. The van der Waals surface area contributed by atoms with Gasteiger partial charge in [0, 0.05) is 6.54 Å². The van der Waals surface area contributed by atoms with Gasteiger partial charge in [-0.15, -0.1) is 0 Å².